The van der Waals surface area contributed by atoms with Gasteiger partial charge in [-0.25, -0.2) is 9.97 Å². The van der Waals surface area contributed by atoms with Crippen molar-refractivity contribution in [2.24, 2.45) is 0 Å². The number of nitrogens with one attached hydrogen (secondary N) is 2. The third-order valence-electron chi connectivity index (χ3n) is 2.38. The van der Waals surface area contributed by atoms with Gasteiger partial charge in [0.2, 0.25) is 5.91 Å². The van der Waals surface area contributed by atoms with Gasteiger partial charge in [-0.05, 0) is 19.4 Å². The van der Waals surface area contributed by atoms with Crippen LogP contribution in [0.5, 0.6) is 0 Å². The summed E-state index contributed by atoms with van der Waals surface area (Å²) in [5.41, 5.74) is 0.268. The number of amides is 1. The van der Waals surface area contributed by atoms with Gasteiger partial charge in [-0.2, -0.15) is 0 Å². The van der Waals surface area contributed by atoms with Gasteiger partial charge in [0.05, 0.1) is 6.04 Å². The largest absolute Gasteiger partial charge is 0.320 e. The van der Waals surface area contributed by atoms with E-state index < -0.39 is 0 Å². The van der Waals surface area contributed by atoms with Crippen LogP contribution in [0.1, 0.15) is 12.8 Å². The Bertz CT molecular complexity index is 386. The Morgan fingerprint density at radius 3 is 2.69 bits per heavy atom. The first kappa shape index (κ1) is 11.6. The van der Waals surface area contributed by atoms with Gasteiger partial charge in [0.25, 0.3) is 0 Å². The van der Waals surface area contributed by atoms with Gasteiger partial charge in [0.1, 0.15) is 12.0 Å². The molecule has 0 unspecified atom stereocenters. The number of carbonyl (C=O) groups excluding carboxylic acids is 1. The van der Waals surface area contributed by atoms with Crippen LogP contribution in [0, 0.1) is 0 Å². The fraction of sp³-hybridized carbons (Fsp3) is 0.444. The van der Waals surface area contributed by atoms with Gasteiger partial charge in [-0.1, -0.05) is 23.2 Å². The zero-order valence-electron chi connectivity index (χ0n) is 8.33. The number of carbonyl (C=O) groups is 1. The van der Waals surface area contributed by atoms with Crippen LogP contribution in [0.25, 0.3) is 0 Å². The van der Waals surface area contributed by atoms with Gasteiger partial charge >= 0.3 is 0 Å². The lowest BCUT2D eigenvalue weighted by molar-refractivity contribution is -0.117. The highest BCUT2D eigenvalue weighted by molar-refractivity contribution is 6.38. The van der Waals surface area contributed by atoms with Crippen molar-refractivity contribution in [1.29, 1.82) is 0 Å². The molecule has 1 aliphatic rings. The maximum absolute atomic E-state index is 11.8. The molecule has 0 saturated carbocycles. The zero-order chi connectivity index (χ0) is 11.5. The molecule has 0 radical (unpaired) electrons. The molecule has 7 heteroatoms. The lowest BCUT2D eigenvalue weighted by atomic mass is 10.2. The van der Waals surface area contributed by atoms with Crippen molar-refractivity contribution in [3.63, 3.8) is 0 Å². The van der Waals surface area contributed by atoms with E-state index in [4.69, 9.17) is 23.2 Å². The van der Waals surface area contributed by atoms with E-state index in [1.807, 2.05) is 0 Å². The highest BCUT2D eigenvalue weighted by Gasteiger charge is 2.23. The Morgan fingerprint density at radius 1 is 1.44 bits per heavy atom. The summed E-state index contributed by atoms with van der Waals surface area (Å²) in [6, 6.07) is -0.188. The minimum atomic E-state index is -0.188. The average Bonchev–Trinajstić information content (AvgIpc) is 2.76. The monoisotopic (exact) mass is 260 g/mol. The summed E-state index contributed by atoms with van der Waals surface area (Å²) in [5, 5.41) is 6.00. The highest BCUT2D eigenvalue weighted by Crippen LogP contribution is 2.26. The quantitative estimate of drug-likeness (QED) is 0.791. The highest BCUT2D eigenvalue weighted by atomic mass is 35.5. The minimum absolute atomic E-state index is 0.145. The fourth-order valence-electron chi connectivity index (χ4n) is 1.57. The molecule has 1 fully saturated rings. The molecule has 2 heterocycles. The van der Waals surface area contributed by atoms with Crippen LogP contribution in [-0.2, 0) is 4.79 Å². The molecular formula is C9H10Cl2N4O. The first-order chi connectivity index (χ1) is 7.68. The van der Waals surface area contributed by atoms with Gasteiger partial charge in [-0.15, -0.1) is 0 Å². The lowest BCUT2D eigenvalue weighted by Gasteiger charge is -2.12. The van der Waals surface area contributed by atoms with Gasteiger partial charge in [0, 0.05) is 0 Å². The van der Waals surface area contributed by atoms with Crippen molar-refractivity contribution in [3.8, 4) is 0 Å². The molecule has 2 rings (SSSR count). The van der Waals surface area contributed by atoms with Crippen molar-refractivity contribution in [2.45, 2.75) is 18.9 Å². The summed E-state index contributed by atoms with van der Waals surface area (Å²) >= 11 is 11.6. The van der Waals surface area contributed by atoms with Crippen molar-refractivity contribution in [1.82, 2.24) is 15.3 Å². The van der Waals surface area contributed by atoms with Crippen molar-refractivity contribution in [3.05, 3.63) is 16.6 Å². The number of halogens is 2. The number of anilines is 1. The van der Waals surface area contributed by atoms with Gasteiger partial charge in [-0.3, -0.25) is 4.79 Å². The molecule has 1 aromatic heterocycles. The second kappa shape index (κ2) is 4.95. The van der Waals surface area contributed by atoms with Gasteiger partial charge < -0.3 is 10.6 Å². The van der Waals surface area contributed by atoms with Crippen LogP contribution in [0.15, 0.2) is 6.33 Å². The Labute approximate surface area is 103 Å². The molecule has 2 N–H and O–H groups in total. The molecule has 16 heavy (non-hydrogen) atoms. The Morgan fingerprint density at radius 2 is 2.12 bits per heavy atom. The number of nitrogens with zero attached hydrogens (tertiary/aromatic N) is 2. The first-order valence-corrected chi connectivity index (χ1v) is 5.64. The van der Waals surface area contributed by atoms with Crippen LogP contribution in [0.2, 0.25) is 10.3 Å². The maximum atomic E-state index is 11.8. The SMILES string of the molecule is O=C(Nc1c(Cl)ncnc1Cl)[C@@H]1CCCN1. The number of hydrogen-bond acceptors (Lipinski definition) is 4. The van der Waals surface area contributed by atoms with E-state index in [1.54, 1.807) is 0 Å². The molecule has 1 aromatic rings. The van der Waals surface area contributed by atoms with Crippen LogP contribution < -0.4 is 10.6 Å². The first-order valence-electron chi connectivity index (χ1n) is 4.88. The Balaban J connectivity index is 2.11. The topological polar surface area (TPSA) is 66.9 Å². The normalized spacial score (nSPS) is 19.8. The van der Waals surface area contributed by atoms with E-state index in [-0.39, 0.29) is 27.9 Å². The van der Waals surface area contributed by atoms with E-state index in [9.17, 15) is 4.79 Å². The number of rotatable bonds is 2. The van der Waals surface area contributed by atoms with Crippen LogP contribution in [0.3, 0.4) is 0 Å². The Kier molecular flexibility index (Phi) is 3.58. The predicted molar refractivity (Wildman–Crippen MR) is 61.7 cm³/mol. The molecular weight excluding hydrogens is 251 g/mol. The molecule has 0 spiro atoms. The number of aromatic nitrogens is 2. The molecule has 86 valence electrons. The third-order valence-corrected chi connectivity index (χ3v) is 2.95. The van der Waals surface area contributed by atoms with E-state index in [0.717, 1.165) is 19.4 Å². The molecule has 0 aliphatic carbocycles. The average molecular weight is 261 g/mol. The zero-order valence-corrected chi connectivity index (χ0v) is 9.85. The summed E-state index contributed by atoms with van der Waals surface area (Å²) in [6.45, 7) is 0.852. The predicted octanol–water partition coefficient (Wildman–Crippen LogP) is 1.47. The van der Waals surface area contributed by atoms with Crippen LogP contribution in [-0.4, -0.2) is 28.5 Å². The number of hydrogen-bond donors (Lipinski definition) is 2. The van der Waals surface area contributed by atoms with Gasteiger partial charge in [0.15, 0.2) is 10.3 Å². The molecule has 0 bridgehead atoms. The molecule has 1 saturated heterocycles. The fourth-order valence-corrected chi connectivity index (χ4v) is 1.98. The summed E-state index contributed by atoms with van der Waals surface area (Å²) < 4.78 is 0. The summed E-state index contributed by atoms with van der Waals surface area (Å²) in [4.78, 5) is 19.3. The van der Waals surface area contributed by atoms with Crippen molar-refractivity contribution < 1.29 is 4.79 Å². The molecule has 0 aromatic carbocycles. The summed E-state index contributed by atoms with van der Waals surface area (Å²) in [6.07, 6.45) is 3.05. The molecule has 1 amide bonds. The maximum Gasteiger partial charge on any atom is 0.241 e. The van der Waals surface area contributed by atoms with Crippen molar-refractivity contribution >= 4 is 34.8 Å². The summed E-state index contributed by atoms with van der Waals surface area (Å²) in [7, 11) is 0. The molecule has 5 nitrogen and oxygen atoms in total. The third kappa shape index (κ3) is 2.42. The second-order valence-corrected chi connectivity index (χ2v) is 4.18. The molecule has 1 atom stereocenters. The van der Waals surface area contributed by atoms with E-state index in [2.05, 4.69) is 20.6 Å². The minimum Gasteiger partial charge on any atom is -0.320 e. The lowest BCUT2D eigenvalue weighted by Crippen LogP contribution is -2.35. The summed E-state index contributed by atoms with van der Waals surface area (Å²) in [5.74, 6) is -0.156. The van der Waals surface area contributed by atoms with Crippen LogP contribution >= 0.6 is 23.2 Å². The van der Waals surface area contributed by atoms with Crippen molar-refractivity contribution in [2.75, 3.05) is 11.9 Å². The Hall–Kier alpha value is -0.910. The van der Waals surface area contributed by atoms with Crippen LogP contribution in [0.4, 0.5) is 5.69 Å². The second-order valence-electron chi connectivity index (χ2n) is 3.47. The van der Waals surface area contributed by atoms with E-state index in [0.29, 0.717) is 0 Å². The molecule has 1 aliphatic heterocycles. The standard InChI is InChI=1S/C9H10Cl2N4O/c10-7-6(8(11)14-4-13-7)15-9(16)5-2-1-3-12-5/h4-5,12H,1-3H2,(H,15,16)/t5-/m0/s1. The van der Waals surface area contributed by atoms with E-state index in [1.165, 1.54) is 6.33 Å². The smallest absolute Gasteiger partial charge is 0.241 e. The van der Waals surface area contributed by atoms with E-state index >= 15 is 0 Å².